The lowest BCUT2D eigenvalue weighted by atomic mass is 10.0. The number of hydrogen-bond donors (Lipinski definition) is 1. The third kappa shape index (κ3) is 6.16. The average molecular weight is 469 g/mol. The monoisotopic (exact) mass is 468 g/mol. The number of aryl methyl sites for hydroxylation is 1. The fourth-order valence-corrected chi connectivity index (χ4v) is 3.60. The summed E-state index contributed by atoms with van der Waals surface area (Å²) in [6.07, 6.45) is 0.447. The van der Waals surface area contributed by atoms with E-state index in [9.17, 15) is 9.59 Å². The molecule has 3 aromatic rings. The highest BCUT2D eigenvalue weighted by Gasteiger charge is 2.32. The molecule has 1 atom stereocenters. The zero-order valence-electron chi connectivity index (χ0n) is 19.5. The van der Waals surface area contributed by atoms with E-state index in [1.165, 1.54) is 4.80 Å². The van der Waals surface area contributed by atoms with Gasteiger partial charge < -0.3 is 5.32 Å². The van der Waals surface area contributed by atoms with Crippen LogP contribution in [0, 0.1) is 6.92 Å². The van der Waals surface area contributed by atoms with Gasteiger partial charge in [0.2, 0.25) is 11.7 Å². The SMILES string of the molecule is CC[C@@H](C(=O)NC(C)(C)C)N(C(=O)Cn1nnc(-c2ccc(Cl)cc2)n1)c1ccccc1C. The molecule has 1 heterocycles. The van der Waals surface area contributed by atoms with Gasteiger partial charge in [-0.2, -0.15) is 4.80 Å². The van der Waals surface area contributed by atoms with Crippen LogP contribution in [0.4, 0.5) is 5.69 Å². The maximum Gasteiger partial charge on any atom is 0.251 e. The van der Waals surface area contributed by atoms with Gasteiger partial charge >= 0.3 is 0 Å². The van der Waals surface area contributed by atoms with E-state index in [2.05, 4.69) is 20.7 Å². The van der Waals surface area contributed by atoms with Gasteiger partial charge in [-0.3, -0.25) is 14.5 Å². The highest BCUT2D eigenvalue weighted by molar-refractivity contribution is 6.30. The summed E-state index contributed by atoms with van der Waals surface area (Å²) in [5.74, 6) is -0.130. The summed E-state index contributed by atoms with van der Waals surface area (Å²) in [4.78, 5) is 29.4. The molecular weight excluding hydrogens is 440 g/mol. The first-order chi connectivity index (χ1) is 15.6. The Hall–Kier alpha value is -3.26. The van der Waals surface area contributed by atoms with Crippen molar-refractivity contribution in [2.75, 3.05) is 4.90 Å². The quantitative estimate of drug-likeness (QED) is 0.565. The van der Waals surface area contributed by atoms with E-state index in [0.29, 0.717) is 23.0 Å². The maximum absolute atomic E-state index is 13.5. The number of hydrogen-bond acceptors (Lipinski definition) is 5. The number of carbonyl (C=O) groups excluding carboxylic acids is 2. The molecule has 0 fully saturated rings. The van der Waals surface area contributed by atoms with Gasteiger partial charge in [0.1, 0.15) is 12.6 Å². The summed E-state index contributed by atoms with van der Waals surface area (Å²) in [5, 5.41) is 16.0. The number of carbonyl (C=O) groups is 2. The van der Waals surface area contributed by atoms with Gasteiger partial charge in [-0.25, -0.2) is 0 Å². The van der Waals surface area contributed by atoms with Crippen molar-refractivity contribution >= 4 is 29.1 Å². The number of halogens is 1. The molecule has 0 radical (unpaired) electrons. The molecule has 0 bridgehead atoms. The Morgan fingerprint density at radius 1 is 1.12 bits per heavy atom. The summed E-state index contributed by atoms with van der Waals surface area (Å²) >= 11 is 5.94. The van der Waals surface area contributed by atoms with Crippen LogP contribution in [-0.4, -0.2) is 43.6 Å². The molecule has 174 valence electrons. The highest BCUT2D eigenvalue weighted by Crippen LogP contribution is 2.24. The summed E-state index contributed by atoms with van der Waals surface area (Å²) in [6, 6.07) is 13.9. The van der Waals surface area contributed by atoms with Gasteiger partial charge in [0.15, 0.2) is 0 Å². The van der Waals surface area contributed by atoms with Crippen LogP contribution in [-0.2, 0) is 16.1 Å². The zero-order valence-corrected chi connectivity index (χ0v) is 20.3. The van der Waals surface area contributed by atoms with Crippen molar-refractivity contribution in [2.45, 2.75) is 59.2 Å². The normalized spacial score (nSPS) is 12.3. The van der Waals surface area contributed by atoms with E-state index in [-0.39, 0.29) is 18.4 Å². The number of anilines is 1. The van der Waals surface area contributed by atoms with Crippen molar-refractivity contribution in [3.8, 4) is 11.4 Å². The number of amides is 2. The molecule has 0 saturated carbocycles. The van der Waals surface area contributed by atoms with Crippen LogP contribution in [0.1, 0.15) is 39.7 Å². The van der Waals surface area contributed by atoms with E-state index in [4.69, 9.17) is 11.6 Å². The Morgan fingerprint density at radius 2 is 1.79 bits per heavy atom. The lowest BCUT2D eigenvalue weighted by Gasteiger charge is -2.33. The van der Waals surface area contributed by atoms with Gasteiger partial charge in [-0.05, 0) is 75.2 Å². The number of benzene rings is 2. The molecule has 1 N–H and O–H groups in total. The van der Waals surface area contributed by atoms with Crippen molar-refractivity contribution in [1.82, 2.24) is 25.5 Å². The van der Waals surface area contributed by atoms with Crippen LogP contribution in [0.2, 0.25) is 5.02 Å². The molecule has 0 aliphatic heterocycles. The van der Waals surface area contributed by atoms with Crippen molar-refractivity contribution in [1.29, 1.82) is 0 Å². The fourth-order valence-electron chi connectivity index (χ4n) is 3.47. The van der Waals surface area contributed by atoms with Crippen molar-refractivity contribution in [3.05, 3.63) is 59.1 Å². The first-order valence-corrected chi connectivity index (χ1v) is 11.2. The van der Waals surface area contributed by atoms with Crippen LogP contribution >= 0.6 is 11.6 Å². The van der Waals surface area contributed by atoms with Crippen LogP contribution < -0.4 is 10.2 Å². The lowest BCUT2D eigenvalue weighted by Crippen LogP contribution is -2.54. The summed E-state index contributed by atoms with van der Waals surface area (Å²) in [7, 11) is 0. The summed E-state index contributed by atoms with van der Waals surface area (Å²) in [5.41, 5.74) is 1.88. The molecule has 33 heavy (non-hydrogen) atoms. The molecule has 0 spiro atoms. The summed E-state index contributed by atoms with van der Waals surface area (Å²) < 4.78 is 0. The topological polar surface area (TPSA) is 93.0 Å². The van der Waals surface area contributed by atoms with Crippen LogP contribution in [0.25, 0.3) is 11.4 Å². The predicted octanol–water partition coefficient (Wildman–Crippen LogP) is 4.03. The highest BCUT2D eigenvalue weighted by atomic mass is 35.5. The molecule has 0 aliphatic carbocycles. The maximum atomic E-state index is 13.5. The number of rotatable bonds is 7. The minimum atomic E-state index is -0.683. The molecular formula is C24H29ClN6O2. The number of aromatic nitrogens is 4. The van der Waals surface area contributed by atoms with Gasteiger partial charge in [0, 0.05) is 21.8 Å². The van der Waals surface area contributed by atoms with E-state index < -0.39 is 11.6 Å². The predicted molar refractivity (Wildman–Crippen MR) is 129 cm³/mol. The minimum absolute atomic E-state index is 0.159. The number of tetrazole rings is 1. The van der Waals surface area contributed by atoms with Crippen LogP contribution in [0.15, 0.2) is 48.5 Å². The molecule has 9 heteroatoms. The Morgan fingerprint density at radius 3 is 2.39 bits per heavy atom. The fraction of sp³-hybridized carbons (Fsp3) is 0.375. The molecule has 3 rings (SSSR count). The second kappa shape index (κ2) is 10.1. The Labute approximate surface area is 198 Å². The smallest absolute Gasteiger partial charge is 0.251 e. The van der Waals surface area contributed by atoms with Gasteiger partial charge in [-0.1, -0.05) is 36.7 Å². The molecule has 1 aromatic heterocycles. The third-order valence-corrected chi connectivity index (χ3v) is 5.23. The van der Waals surface area contributed by atoms with Crippen molar-refractivity contribution in [2.24, 2.45) is 0 Å². The zero-order chi connectivity index (χ0) is 24.2. The van der Waals surface area contributed by atoms with E-state index in [1.54, 1.807) is 29.2 Å². The average Bonchev–Trinajstić information content (AvgIpc) is 3.20. The van der Waals surface area contributed by atoms with Crippen molar-refractivity contribution in [3.63, 3.8) is 0 Å². The number of nitrogens with one attached hydrogen (secondary N) is 1. The largest absolute Gasteiger partial charge is 0.350 e. The van der Waals surface area contributed by atoms with E-state index >= 15 is 0 Å². The third-order valence-electron chi connectivity index (χ3n) is 4.97. The molecule has 8 nitrogen and oxygen atoms in total. The second-order valence-corrected chi connectivity index (χ2v) is 9.30. The standard InChI is InChI=1S/C24H29ClN6O2/c1-6-19(23(33)26-24(3,4)5)31(20-10-8-7-9-16(20)2)21(32)15-30-28-22(27-29-30)17-11-13-18(25)14-12-17/h7-14,19H,6,15H2,1-5H3,(H,26,33)/t19-/m0/s1. The number of nitrogens with zero attached hydrogens (tertiary/aromatic N) is 5. The minimum Gasteiger partial charge on any atom is -0.350 e. The second-order valence-electron chi connectivity index (χ2n) is 8.86. The molecule has 2 aromatic carbocycles. The van der Waals surface area contributed by atoms with E-state index in [0.717, 1.165) is 11.1 Å². The lowest BCUT2D eigenvalue weighted by molar-refractivity contribution is -0.128. The molecule has 0 unspecified atom stereocenters. The molecule has 0 saturated heterocycles. The first kappa shape index (κ1) is 24.4. The van der Waals surface area contributed by atoms with Gasteiger partial charge in [-0.15, -0.1) is 10.2 Å². The molecule has 0 aliphatic rings. The van der Waals surface area contributed by atoms with Crippen molar-refractivity contribution < 1.29 is 9.59 Å². The van der Waals surface area contributed by atoms with E-state index in [1.807, 2.05) is 58.9 Å². The number of para-hydroxylation sites is 1. The Balaban J connectivity index is 1.90. The Bertz CT molecular complexity index is 1120. The van der Waals surface area contributed by atoms with Gasteiger partial charge in [0.25, 0.3) is 5.91 Å². The van der Waals surface area contributed by atoms with Crippen LogP contribution in [0.5, 0.6) is 0 Å². The van der Waals surface area contributed by atoms with Gasteiger partial charge in [0.05, 0.1) is 0 Å². The first-order valence-electron chi connectivity index (χ1n) is 10.8. The summed E-state index contributed by atoms with van der Waals surface area (Å²) in [6.45, 7) is 9.38. The molecule has 2 amide bonds. The Kier molecular flexibility index (Phi) is 7.48. The van der Waals surface area contributed by atoms with Crippen LogP contribution in [0.3, 0.4) is 0 Å².